The molecule has 3 rings (SSSR count). The first-order chi connectivity index (χ1) is 11.6. The van der Waals surface area contributed by atoms with E-state index in [1.165, 1.54) is 6.21 Å². The van der Waals surface area contributed by atoms with Crippen molar-refractivity contribution in [1.29, 1.82) is 0 Å². The number of rotatable bonds is 5. The van der Waals surface area contributed by atoms with Crippen molar-refractivity contribution in [2.24, 2.45) is 5.16 Å². The molecule has 0 amide bonds. The van der Waals surface area contributed by atoms with Gasteiger partial charge in [-0.1, -0.05) is 23.4 Å². The quantitative estimate of drug-likeness (QED) is 0.370. The molecule has 1 aliphatic heterocycles. The van der Waals surface area contributed by atoms with Gasteiger partial charge in [-0.25, -0.2) is 0 Å². The van der Waals surface area contributed by atoms with Crippen molar-refractivity contribution in [3.05, 3.63) is 36.0 Å². The van der Waals surface area contributed by atoms with Gasteiger partial charge in [-0.15, -0.1) is 0 Å². The van der Waals surface area contributed by atoms with E-state index in [2.05, 4.69) is 10.1 Å². The molecule has 1 aromatic heterocycles. The van der Waals surface area contributed by atoms with Crippen LogP contribution in [-0.4, -0.2) is 68.9 Å². The van der Waals surface area contributed by atoms with Gasteiger partial charge in [-0.05, 0) is 11.6 Å². The largest absolute Gasteiger partial charge is 0.394 e. The number of para-hydroxylation sites is 1. The van der Waals surface area contributed by atoms with Crippen LogP contribution in [0.2, 0.25) is 0 Å². The molecule has 0 spiro atoms. The molecule has 2 heterocycles. The van der Waals surface area contributed by atoms with E-state index in [1.54, 1.807) is 0 Å². The predicted octanol–water partition coefficient (Wildman–Crippen LogP) is -0.487. The molecule has 1 saturated heterocycles. The Labute approximate surface area is 137 Å². The number of fused-ring (bicyclic) bond motifs is 1. The standard InChI is InChI=1S/C16H20N2O6/c19-8-12-13(20)14(21)15(22)16(23-12)24-18-6-5-9-7-17-11-4-2-1-3-10(9)11/h1-4,6-7,12-17,19-22H,5,8H2/t12-,13-,14+,15-,16?/m1/s1. The van der Waals surface area contributed by atoms with E-state index in [1.807, 2.05) is 30.5 Å². The Morgan fingerprint density at radius 3 is 2.75 bits per heavy atom. The SMILES string of the molecule is OC[C@H]1OC(ON=CCc2c[nH]c3ccccc23)[C@H](O)[C@@H](O)[C@@H]1O. The molecule has 2 aromatic rings. The summed E-state index contributed by atoms with van der Waals surface area (Å²) in [6.45, 7) is -0.510. The second kappa shape index (κ2) is 7.29. The fraction of sp³-hybridized carbons (Fsp3) is 0.438. The molecule has 1 fully saturated rings. The van der Waals surface area contributed by atoms with E-state index in [9.17, 15) is 15.3 Å². The molecule has 8 nitrogen and oxygen atoms in total. The lowest BCUT2D eigenvalue weighted by Gasteiger charge is -2.38. The Morgan fingerprint density at radius 2 is 1.96 bits per heavy atom. The Balaban J connectivity index is 1.59. The summed E-state index contributed by atoms with van der Waals surface area (Å²) in [4.78, 5) is 8.21. The van der Waals surface area contributed by atoms with Crippen LogP contribution >= 0.6 is 0 Å². The Kier molecular flexibility index (Phi) is 5.12. The molecule has 0 radical (unpaired) electrons. The molecular formula is C16H20N2O6. The molecule has 5 atom stereocenters. The van der Waals surface area contributed by atoms with Gasteiger partial charge in [0.2, 0.25) is 0 Å². The summed E-state index contributed by atoms with van der Waals surface area (Å²) in [5.74, 6) is 0. The van der Waals surface area contributed by atoms with Crippen LogP contribution in [0.1, 0.15) is 5.56 Å². The van der Waals surface area contributed by atoms with Gasteiger partial charge in [0.25, 0.3) is 6.29 Å². The molecule has 1 aromatic carbocycles. The van der Waals surface area contributed by atoms with Gasteiger partial charge >= 0.3 is 0 Å². The molecule has 8 heteroatoms. The van der Waals surface area contributed by atoms with Crippen molar-refractivity contribution in [1.82, 2.24) is 4.98 Å². The summed E-state index contributed by atoms with van der Waals surface area (Å²) < 4.78 is 5.19. The van der Waals surface area contributed by atoms with Crippen LogP contribution in [0.5, 0.6) is 0 Å². The number of nitrogens with one attached hydrogen (secondary N) is 1. The molecule has 0 aliphatic carbocycles. The minimum atomic E-state index is -1.48. The second-order valence-electron chi connectivity index (χ2n) is 5.65. The van der Waals surface area contributed by atoms with E-state index >= 15 is 0 Å². The molecule has 5 N–H and O–H groups in total. The summed E-state index contributed by atoms with van der Waals surface area (Å²) >= 11 is 0. The highest BCUT2D eigenvalue weighted by Crippen LogP contribution is 2.22. The van der Waals surface area contributed by atoms with Crippen LogP contribution < -0.4 is 0 Å². The number of aromatic amines is 1. The highest BCUT2D eigenvalue weighted by molar-refractivity contribution is 5.85. The zero-order valence-electron chi connectivity index (χ0n) is 12.8. The first-order valence-electron chi connectivity index (χ1n) is 7.65. The summed E-state index contributed by atoms with van der Waals surface area (Å²) in [6.07, 6.45) is -2.75. The number of benzene rings is 1. The van der Waals surface area contributed by atoms with E-state index in [4.69, 9.17) is 14.7 Å². The Bertz CT molecular complexity index is 701. The number of aromatic nitrogens is 1. The number of oxime groups is 1. The number of hydrogen-bond acceptors (Lipinski definition) is 7. The summed E-state index contributed by atoms with van der Waals surface area (Å²) in [5.41, 5.74) is 2.06. The maximum Gasteiger partial charge on any atom is 0.256 e. The van der Waals surface area contributed by atoms with E-state index in [-0.39, 0.29) is 0 Å². The van der Waals surface area contributed by atoms with Crippen molar-refractivity contribution in [3.8, 4) is 0 Å². The Hall–Kier alpha value is -1.97. The third-order valence-electron chi connectivity index (χ3n) is 4.07. The summed E-state index contributed by atoms with van der Waals surface area (Å²) in [7, 11) is 0. The van der Waals surface area contributed by atoms with Crippen molar-refractivity contribution >= 4 is 17.1 Å². The van der Waals surface area contributed by atoms with Crippen molar-refractivity contribution in [2.45, 2.75) is 37.1 Å². The van der Waals surface area contributed by atoms with E-state index in [0.29, 0.717) is 6.42 Å². The van der Waals surface area contributed by atoms with Crippen molar-refractivity contribution < 1.29 is 30.0 Å². The third-order valence-corrected chi connectivity index (χ3v) is 4.07. The average molecular weight is 336 g/mol. The van der Waals surface area contributed by atoms with Crippen LogP contribution in [0.15, 0.2) is 35.6 Å². The van der Waals surface area contributed by atoms with Crippen molar-refractivity contribution in [2.75, 3.05) is 6.61 Å². The van der Waals surface area contributed by atoms with Gasteiger partial charge in [-0.3, -0.25) is 0 Å². The Morgan fingerprint density at radius 1 is 1.17 bits per heavy atom. The molecule has 24 heavy (non-hydrogen) atoms. The topological polar surface area (TPSA) is 128 Å². The number of H-pyrrole nitrogens is 1. The molecular weight excluding hydrogens is 316 g/mol. The predicted molar refractivity (Wildman–Crippen MR) is 85.3 cm³/mol. The molecule has 0 bridgehead atoms. The van der Waals surface area contributed by atoms with Gasteiger partial charge in [0.1, 0.15) is 24.4 Å². The smallest absolute Gasteiger partial charge is 0.256 e. The van der Waals surface area contributed by atoms with Crippen LogP contribution in [0.25, 0.3) is 10.9 Å². The molecule has 1 unspecified atom stereocenters. The minimum absolute atomic E-state index is 0.501. The first kappa shape index (κ1) is 16.9. The summed E-state index contributed by atoms with van der Waals surface area (Å²) in [5, 5.41) is 43.1. The van der Waals surface area contributed by atoms with Crippen LogP contribution in [0.3, 0.4) is 0 Å². The van der Waals surface area contributed by atoms with Gasteiger partial charge in [0.05, 0.1) is 6.61 Å². The molecule has 0 saturated carbocycles. The maximum atomic E-state index is 9.83. The highest BCUT2D eigenvalue weighted by Gasteiger charge is 2.44. The highest BCUT2D eigenvalue weighted by atomic mass is 16.8. The van der Waals surface area contributed by atoms with Gasteiger partial charge in [0, 0.05) is 29.7 Å². The van der Waals surface area contributed by atoms with Gasteiger partial charge < -0.3 is 35.0 Å². The first-order valence-corrected chi connectivity index (χ1v) is 7.65. The van der Waals surface area contributed by atoms with Gasteiger partial charge in [0.15, 0.2) is 0 Å². The van der Waals surface area contributed by atoms with Gasteiger partial charge in [-0.2, -0.15) is 0 Å². The fourth-order valence-electron chi connectivity index (χ4n) is 2.69. The van der Waals surface area contributed by atoms with E-state index in [0.717, 1.165) is 16.5 Å². The van der Waals surface area contributed by atoms with Crippen LogP contribution in [0, 0.1) is 0 Å². The lowest BCUT2D eigenvalue weighted by Crippen LogP contribution is -2.58. The number of hydrogen-bond donors (Lipinski definition) is 5. The maximum absolute atomic E-state index is 9.83. The van der Waals surface area contributed by atoms with Crippen LogP contribution in [0.4, 0.5) is 0 Å². The molecule has 1 aliphatic rings. The zero-order chi connectivity index (χ0) is 17.1. The minimum Gasteiger partial charge on any atom is -0.394 e. The van der Waals surface area contributed by atoms with E-state index < -0.39 is 37.3 Å². The van der Waals surface area contributed by atoms with Crippen molar-refractivity contribution in [3.63, 3.8) is 0 Å². The van der Waals surface area contributed by atoms with Crippen LogP contribution in [-0.2, 0) is 16.0 Å². The number of aliphatic hydroxyl groups excluding tert-OH is 4. The third kappa shape index (κ3) is 3.28. The summed E-state index contributed by atoms with van der Waals surface area (Å²) in [6, 6.07) is 7.86. The second-order valence-corrected chi connectivity index (χ2v) is 5.65. The lowest BCUT2D eigenvalue weighted by molar-refractivity contribution is -0.301. The molecule has 130 valence electrons. The number of nitrogens with zero attached hydrogens (tertiary/aromatic N) is 1. The fourth-order valence-corrected chi connectivity index (χ4v) is 2.69. The average Bonchev–Trinajstić information content (AvgIpc) is 3.01. The number of aliphatic hydroxyl groups is 4. The monoisotopic (exact) mass is 336 g/mol. The number of ether oxygens (including phenoxy) is 1. The lowest BCUT2D eigenvalue weighted by atomic mass is 9.99. The normalized spacial score (nSPS) is 30.9. The zero-order valence-corrected chi connectivity index (χ0v) is 12.8.